The highest BCUT2D eigenvalue weighted by atomic mass is 16.4. The van der Waals surface area contributed by atoms with Crippen molar-refractivity contribution < 1.29 is 9.90 Å². The van der Waals surface area contributed by atoms with Gasteiger partial charge in [0.05, 0.1) is 0 Å². The molecule has 0 saturated carbocycles. The monoisotopic (exact) mass is 340 g/mol. The van der Waals surface area contributed by atoms with Gasteiger partial charge in [-0.05, 0) is 24.9 Å². The van der Waals surface area contributed by atoms with Crippen LogP contribution in [0.4, 0.5) is 5.82 Å². The van der Waals surface area contributed by atoms with E-state index in [9.17, 15) is 9.90 Å². The minimum Gasteiger partial charge on any atom is -0.476 e. The third kappa shape index (κ3) is 4.14. The number of rotatable bonds is 6. The van der Waals surface area contributed by atoms with Gasteiger partial charge in [0.25, 0.3) is 0 Å². The van der Waals surface area contributed by atoms with Gasteiger partial charge in [-0.2, -0.15) is 0 Å². The van der Waals surface area contributed by atoms with Crippen LogP contribution in [0, 0.1) is 0 Å². The molecule has 1 aromatic carbocycles. The Bertz CT molecular complexity index is 700. The number of nitrogens with zero attached hydrogens (tertiary/aromatic N) is 4. The van der Waals surface area contributed by atoms with E-state index < -0.39 is 5.97 Å². The van der Waals surface area contributed by atoms with E-state index in [1.165, 1.54) is 11.8 Å². The fourth-order valence-electron chi connectivity index (χ4n) is 3.47. The molecule has 0 radical (unpaired) electrons. The predicted octanol–water partition coefficient (Wildman–Crippen LogP) is 2.67. The highest BCUT2D eigenvalue weighted by Gasteiger charge is 2.27. The molecule has 0 spiro atoms. The summed E-state index contributed by atoms with van der Waals surface area (Å²) in [4.78, 5) is 24.1. The Morgan fingerprint density at radius 3 is 2.52 bits per heavy atom. The van der Waals surface area contributed by atoms with Crippen LogP contribution in [0.25, 0.3) is 0 Å². The number of carbonyl (C=O) groups is 1. The lowest BCUT2D eigenvalue weighted by atomic mass is 10.0. The lowest BCUT2D eigenvalue weighted by Gasteiger charge is -2.38. The molecule has 132 valence electrons. The molecule has 0 unspecified atom stereocenters. The maximum Gasteiger partial charge on any atom is 0.358 e. The minimum absolute atomic E-state index is 0.0394. The fourth-order valence-corrected chi connectivity index (χ4v) is 3.47. The zero-order chi connectivity index (χ0) is 17.6. The second-order valence-corrected chi connectivity index (χ2v) is 6.30. The summed E-state index contributed by atoms with van der Waals surface area (Å²) in [5, 5.41) is 9.30. The first kappa shape index (κ1) is 17.4. The third-order valence-electron chi connectivity index (χ3n) is 4.80. The first-order valence-corrected chi connectivity index (χ1v) is 8.76. The molecular formula is C19H24N4O2. The average molecular weight is 340 g/mol. The largest absolute Gasteiger partial charge is 0.476 e. The van der Waals surface area contributed by atoms with E-state index in [2.05, 4.69) is 46.1 Å². The molecule has 3 rings (SSSR count). The fraction of sp³-hybridized carbons (Fsp3) is 0.421. The Kier molecular flexibility index (Phi) is 5.60. The van der Waals surface area contributed by atoms with Crippen LogP contribution in [-0.4, -0.2) is 51.6 Å². The summed E-state index contributed by atoms with van der Waals surface area (Å²) < 4.78 is 0. The van der Waals surface area contributed by atoms with E-state index in [0.717, 1.165) is 39.0 Å². The van der Waals surface area contributed by atoms with Crippen LogP contribution in [0.3, 0.4) is 0 Å². The molecule has 2 heterocycles. The maximum absolute atomic E-state index is 11.3. The number of hydrogen-bond donors (Lipinski definition) is 1. The number of anilines is 1. The van der Waals surface area contributed by atoms with Gasteiger partial charge in [0, 0.05) is 38.1 Å². The summed E-state index contributed by atoms with van der Waals surface area (Å²) in [6.07, 6.45) is 4.98. The van der Waals surface area contributed by atoms with Crippen molar-refractivity contribution in [2.45, 2.75) is 32.4 Å². The molecule has 6 nitrogen and oxygen atoms in total. The summed E-state index contributed by atoms with van der Waals surface area (Å²) >= 11 is 0. The molecule has 1 aliphatic rings. The van der Waals surface area contributed by atoms with Crippen molar-refractivity contribution >= 4 is 11.8 Å². The van der Waals surface area contributed by atoms with Crippen molar-refractivity contribution in [2.75, 3.05) is 24.5 Å². The van der Waals surface area contributed by atoms with Crippen molar-refractivity contribution in [3.63, 3.8) is 0 Å². The van der Waals surface area contributed by atoms with Gasteiger partial charge in [0.2, 0.25) is 0 Å². The number of carboxylic acid groups (broad SMARTS) is 1. The van der Waals surface area contributed by atoms with Gasteiger partial charge in [-0.1, -0.05) is 37.3 Å². The summed E-state index contributed by atoms with van der Waals surface area (Å²) in [6, 6.07) is 11.0. The third-order valence-corrected chi connectivity index (χ3v) is 4.80. The molecular weight excluding hydrogens is 316 g/mol. The first-order valence-electron chi connectivity index (χ1n) is 8.76. The Morgan fingerprint density at radius 1 is 1.20 bits per heavy atom. The molecule has 1 aliphatic heterocycles. The van der Waals surface area contributed by atoms with Crippen LogP contribution in [0.5, 0.6) is 0 Å². The second-order valence-electron chi connectivity index (χ2n) is 6.30. The predicted molar refractivity (Wildman–Crippen MR) is 96.8 cm³/mol. The van der Waals surface area contributed by atoms with E-state index in [0.29, 0.717) is 11.9 Å². The highest BCUT2D eigenvalue weighted by molar-refractivity contribution is 5.90. The molecule has 0 aliphatic carbocycles. The van der Waals surface area contributed by atoms with Crippen LogP contribution >= 0.6 is 0 Å². The van der Waals surface area contributed by atoms with Crippen LogP contribution in [0.2, 0.25) is 0 Å². The minimum atomic E-state index is -1.02. The second kappa shape index (κ2) is 8.07. The van der Waals surface area contributed by atoms with Gasteiger partial charge in [-0.3, -0.25) is 4.90 Å². The first-order chi connectivity index (χ1) is 12.2. The van der Waals surface area contributed by atoms with Crippen LogP contribution in [-0.2, 0) is 6.54 Å². The van der Waals surface area contributed by atoms with Crippen molar-refractivity contribution in [2.24, 2.45) is 0 Å². The van der Waals surface area contributed by atoms with Gasteiger partial charge in [-0.15, -0.1) is 0 Å². The lowest BCUT2D eigenvalue weighted by molar-refractivity contribution is 0.0690. The molecule has 2 aromatic rings. The smallest absolute Gasteiger partial charge is 0.358 e. The Morgan fingerprint density at radius 2 is 1.88 bits per heavy atom. The summed E-state index contributed by atoms with van der Waals surface area (Å²) in [5.41, 5.74) is 1.37. The molecule has 1 aromatic heterocycles. The van der Waals surface area contributed by atoms with Crippen molar-refractivity contribution in [3.05, 3.63) is 54.0 Å². The van der Waals surface area contributed by atoms with E-state index in [-0.39, 0.29) is 5.69 Å². The molecule has 0 bridgehead atoms. The number of hydrogen-bond acceptors (Lipinski definition) is 5. The van der Waals surface area contributed by atoms with Crippen molar-refractivity contribution in [3.8, 4) is 0 Å². The van der Waals surface area contributed by atoms with Crippen molar-refractivity contribution in [1.29, 1.82) is 0 Å². The van der Waals surface area contributed by atoms with Crippen LogP contribution in [0.15, 0.2) is 42.7 Å². The average Bonchev–Trinajstić information content (AvgIpc) is 2.67. The standard InChI is InChI=1S/C19H24N4O2/c1-2-22(14-15-6-4-3-5-7-15)16-8-12-23(13-9-16)18-17(19(24)25)20-10-11-21-18/h3-7,10-11,16H,2,8-9,12-14H2,1H3,(H,24,25). The Balaban J connectivity index is 1.64. The zero-order valence-electron chi connectivity index (χ0n) is 14.5. The summed E-state index contributed by atoms with van der Waals surface area (Å²) in [5.74, 6) is -0.538. The summed E-state index contributed by atoms with van der Waals surface area (Å²) in [6.45, 7) is 5.75. The Labute approximate surface area is 148 Å². The number of piperidine rings is 1. The van der Waals surface area contributed by atoms with Gasteiger partial charge >= 0.3 is 5.97 Å². The van der Waals surface area contributed by atoms with Gasteiger partial charge in [0.15, 0.2) is 11.5 Å². The van der Waals surface area contributed by atoms with Gasteiger partial charge < -0.3 is 10.0 Å². The number of carboxylic acids is 1. The van der Waals surface area contributed by atoms with E-state index in [1.54, 1.807) is 6.20 Å². The maximum atomic E-state index is 11.3. The van der Waals surface area contributed by atoms with Gasteiger partial charge in [-0.25, -0.2) is 14.8 Å². The van der Waals surface area contributed by atoms with E-state index in [1.807, 2.05) is 11.0 Å². The van der Waals surface area contributed by atoms with E-state index >= 15 is 0 Å². The number of aromatic carboxylic acids is 1. The number of benzene rings is 1. The highest BCUT2D eigenvalue weighted by Crippen LogP contribution is 2.24. The van der Waals surface area contributed by atoms with Gasteiger partial charge in [0.1, 0.15) is 0 Å². The SMILES string of the molecule is CCN(Cc1ccccc1)C1CCN(c2nccnc2C(=O)O)CC1. The topological polar surface area (TPSA) is 69.6 Å². The number of aromatic nitrogens is 2. The molecule has 0 atom stereocenters. The molecule has 1 N–H and O–H groups in total. The zero-order valence-corrected chi connectivity index (χ0v) is 14.5. The summed E-state index contributed by atoms with van der Waals surface area (Å²) in [7, 11) is 0. The molecule has 0 amide bonds. The Hall–Kier alpha value is -2.47. The van der Waals surface area contributed by atoms with Crippen molar-refractivity contribution in [1.82, 2.24) is 14.9 Å². The van der Waals surface area contributed by atoms with Crippen LogP contribution in [0.1, 0.15) is 35.8 Å². The van der Waals surface area contributed by atoms with E-state index in [4.69, 9.17) is 0 Å². The molecule has 25 heavy (non-hydrogen) atoms. The molecule has 1 fully saturated rings. The lowest BCUT2D eigenvalue weighted by Crippen LogP contribution is -2.45. The molecule has 1 saturated heterocycles. The van der Waals surface area contributed by atoms with Crippen LogP contribution < -0.4 is 4.90 Å². The normalized spacial score (nSPS) is 15.5. The molecule has 6 heteroatoms. The quantitative estimate of drug-likeness (QED) is 0.872.